The Morgan fingerprint density at radius 2 is 2.13 bits per heavy atom. The molecule has 1 aliphatic rings. The molecule has 1 aliphatic heterocycles. The van der Waals surface area contributed by atoms with E-state index in [1.807, 2.05) is 6.07 Å². The molecule has 4 N–H and O–H groups in total. The van der Waals surface area contributed by atoms with Crippen LogP contribution in [0.4, 0.5) is 5.82 Å². The second-order valence-corrected chi connectivity index (χ2v) is 6.18. The first-order valence-corrected chi connectivity index (χ1v) is 7.98. The van der Waals surface area contributed by atoms with E-state index >= 15 is 0 Å². The maximum atomic E-state index is 11.2. The van der Waals surface area contributed by atoms with Crippen LogP contribution in [0.15, 0.2) is 42.6 Å². The third kappa shape index (κ3) is 3.81. The Bertz CT molecular complexity index is 692. The van der Waals surface area contributed by atoms with Gasteiger partial charge in [0.05, 0.1) is 10.6 Å². The monoisotopic (exact) mass is 330 g/mol. The summed E-state index contributed by atoms with van der Waals surface area (Å²) in [5.41, 5.74) is 6.86. The van der Waals surface area contributed by atoms with Crippen molar-refractivity contribution in [2.45, 2.75) is 12.5 Å². The summed E-state index contributed by atoms with van der Waals surface area (Å²) in [6.45, 7) is 1.80. The fourth-order valence-corrected chi connectivity index (χ4v) is 3.11. The van der Waals surface area contributed by atoms with Crippen LogP contribution in [-0.2, 0) is 6.42 Å². The minimum Gasteiger partial charge on any atom is -0.366 e. The van der Waals surface area contributed by atoms with Crippen molar-refractivity contribution >= 4 is 23.3 Å². The molecule has 0 aliphatic carbocycles. The molecule has 3 rings (SSSR count). The fourth-order valence-electron chi connectivity index (χ4n) is 2.89. The number of anilines is 1. The molecular weight excluding hydrogens is 312 g/mol. The van der Waals surface area contributed by atoms with Gasteiger partial charge in [-0.2, -0.15) is 0 Å². The smallest absolute Gasteiger partial charge is 0.250 e. The summed E-state index contributed by atoms with van der Waals surface area (Å²) in [6.07, 6.45) is 2.44. The molecule has 0 unspecified atom stereocenters. The van der Waals surface area contributed by atoms with E-state index in [1.54, 1.807) is 6.07 Å². The van der Waals surface area contributed by atoms with Crippen LogP contribution in [0.5, 0.6) is 0 Å². The van der Waals surface area contributed by atoms with Crippen molar-refractivity contribution in [1.82, 2.24) is 10.3 Å². The topological polar surface area (TPSA) is 80.0 Å². The van der Waals surface area contributed by atoms with E-state index in [4.69, 9.17) is 17.3 Å². The minimum absolute atomic E-state index is 0.236. The first kappa shape index (κ1) is 15.8. The van der Waals surface area contributed by atoms with Gasteiger partial charge in [0.1, 0.15) is 5.82 Å². The maximum Gasteiger partial charge on any atom is 0.250 e. The first-order valence-electron chi connectivity index (χ1n) is 7.60. The number of amides is 1. The summed E-state index contributed by atoms with van der Waals surface area (Å²) >= 11 is 6.21. The van der Waals surface area contributed by atoms with Gasteiger partial charge in [-0.05, 0) is 24.0 Å². The molecule has 5 nitrogen and oxygen atoms in total. The number of hydrogen-bond donors (Lipinski definition) is 3. The zero-order chi connectivity index (χ0) is 16.2. The fraction of sp³-hybridized carbons (Fsp3) is 0.294. The third-order valence-electron chi connectivity index (χ3n) is 4.13. The number of benzene rings is 1. The summed E-state index contributed by atoms with van der Waals surface area (Å²) in [4.78, 5) is 15.4. The zero-order valence-corrected chi connectivity index (χ0v) is 13.4. The molecule has 0 bridgehead atoms. The number of pyridine rings is 1. The van der Waals surface area contributed by atoms with Gasteiger partial charge in [-0.3, -0.25) is 4.79 Å². The van der Waals surface area contributed by atoms with Gasteiger partial charge in [0.15, 0.2) is 0 Å². The van der Waals surface area contributed by atoms with Crippen LogP contribution in [0, 0.1) is 5.92 Å². The zero-order valence-electron chi connectivity index (χ0n) is 12.6. The molecule has 1 amide bonds. The maximum absolute atomic E-state index is 11.2. The van der Waals surface area contributed by atoms with Gasteiger partial charge in [-0.25, -0.2) is 4.98 Å². The standard InChI is InChI=1S/C17H19ClN4O/c18-14-7-13(16(19)23)9-21-17(14)22-15-10-20-8-12(15)6-11-4-2-1-3-5-11/h1-5,7,9,12,15,20H,6,8,10H2,(H2,19,23)(H,21,22)/t12-,15+/m0/s1. The van der Waals surface area contributed by atoms with Crippen LogP contribution in [0.1, 0.15) is 15.9 Å². The van der Waals surface area contributed by atoms with Crippen LogP contribution < -0.4 is 16.4 Å². The van der Waals surface area contributed by atoms with Crippen molar-refractivity contribution in [3.8, 4) is 0 Å². The van der Waals surface area contributed by atoms with Crippen LogP contribution in [0.3, 0.4) is 0 Å². The average Bonchev–Trinajstić information content (AvgIpc) is 2.97. The van der Waals surface area contributed by atoms with Crippen molar-refractivity contribution in [1.29, 1.82) is 0 Å². The molecule has 23 heavy (non-hydrogen) atoms. The van der Waals surface area contributed by atoms with Crippen molar-refractivity contribution in [2.75, 3.05) is 18.4 Å². The number of rotatable bonds is 5. The highest BCUT2D eigenvalue weighted by atomic mass is 35.5. The van der Waals surface area contributed by atoms with Gasteiger partial charge >= 0.3 is 0 Å². The summed E-state index contributed by atoms with van der Waals surface area (Å²) in [7, 11) is 0. The van der Waals surface area contributed by atoms with Crippen molar-refractivity contribution in [2.24, 2.45) is 11.7 Å². The summed E-state index contributed by atoms with van der Waals surface area (Å²) < 4.78 is 0. The molecule has 0 saturated carbocycles. The van der Waals surface area contributed by atoms with Crippen molar-refractivity contribution < 1.29 is 4.79 Å². The Balaban J connectivity index is 1.70. The lowest BCUT2D eigenvalue weighted by Gasteiger charge is -2.21. The van der Waals surface area contributed by atoms with E-state index in [1.165, 1.54) is 11.8 Å². The van der Waals surface area contributed by atoms with E-state index in [0.29, 0.717) is 22.3 Å². The van der Waals surface area contributed by atoms with Gasteiger partial charge in [0.2, 0.25) is 5.91 Å². The lowest BCUT2D eigenvalue weighted by molar-refractivity contribution is 0.1000. The second kappa shape index (κ2) is 6.98. The van der Waals surface area contributed by atoms with E-state index in [2.05, 4.69) is 39.9 Å². The molecule has 0 radical (unpaired) electrons. The van der Waals surface area contributed by atoms with Gasteiger partial charge in [-0.1, -0.05) is 41.9 Å². The van der Waals surface area contributed by atoms with Crippen LogP contribution in [-0.4, -0.2) is 30.0 Å². The third-order valence-corrected chi connectivity index (χ3v) is 4.42. The predicted octanol–water partition coefficient (Wildman–Crippen LogP) is 2.08. The Hall–Kier alpha value is -2.11. The van der Waals surface area contributed by atoms with Crippen LogP contribution in [0.25, 0.3) is 0 Å². The van der Waals surface area contributed by atoms with E-state index in [-0.39, 0.29) is 6.04 Å². The Morgan fingerprint density at radius 3 is 2.83 bits per heavy atom. The highest BCUT2D eigenvalue weighted by molar-refractivity contribution is 6.33. The highest BCUT2D eigenvalue weighted by Crippen LogP contribution is 2.24. The number of halogens is 1. The van der Waals surface area contributed by atoms with Crippen LogP contribution >= 0.6 is 11.6 Å². The van der Waals surface area contributed by atoms with Gasteiger partial charge in [-0.15, -0.1) is 0 Å². The highest BCUT2D eigenvalue weighted by Gasteiger charge is 2.27. The quantitative estimate of drug-likeness (QED) is 0.784. The average molecular weight is 331 g/mol. The molecule has 2 aromatic rings. The molecule has 1 fully saturated rings. The molecule has 1 aromatic carbocycles. The van der Waals surface area contributed by atoms with Gasteiger partial charge in [0.25, 0.3) is 0 Å². The largest absolute Gasteiger partial charge is 0.366 e. The molecule has 2 atom stereocenters. The number of aromatic nitrogens is 1. The number of nitrogens with zero attached hydrogens (tertiary/aromatic N) is 1. The second-order valence-electron chi connectivity index (χ2n) is 5.78. The predicted molar refractivity (Wildman–Crippen MR) is 91.7 cm³/mol. The lowest BCUT2D eigenvalue weighted by Crippen LogP contribution is -2.30. The lowest BCUT2D eigenvalue weighted by atomic mass is 9.95. The molecule has 120 valence electrons. The summed E-state index contributed by atoms with van der Waals surface area (Å²) in [5.74, 6) is 0.505. The molecule has 6 heteroatoms. The van der Waals surface area contributed by atoms with Gasteiger partial charge < -0.3 is 16.4 Å². The number of carbonyl (C=O) groups is 1. The Kier molecular flexibility index (Phi) is 4.79. The Labute approximate surface area is 140 Å². The Morgan fingerprint density at radius 1 is 1.35 bits per heavy atom. The number of hydrogen-bond acceptors (Lipinski definition) is 4. The first-order chi connectivity index (χ1) is 11.1. The normalized spacial score (nSPS) is 20.4. The molecule has 2 heterocycles. The number of primary amides is 1. The van der Waals surface area contributed by atoms with Crippen molar-refractivity contribution in [3.63, 3.8) is 0 Å². The number of nitrogens with one attached hydrogen (secondary N) is 2. The van der Waals surface area contributed by atoms with Crippen molar-refractivity contribution in [3.05, 3.63) is 58.7 Å². The summed E-state index contributed by atoms with van der Waals surface area (Å²) in [6, 6.07) is 12.2. The summed E-state index contributed by atoms with van der Waals surface area (Å²) in [5, 5.41) is 7.20. The molecule has 1 saturated heterocycles. The van der Waals surface area contributed by atoms with E-state index < -0.39 is 5.91 Å². The molecule has 1 aromatic heterocycles. The molecular formula is C17H19ClN4O. The number of carbonyl (C=O) groups excluding carboxylic acids is 1. The van der Waals surface area contributed by atoms with E-state index in [9.17, 15) is 4.79 Å². The molecule has 0 spiro atoms. The van der Waals surface area contributed by atoms with Crippen LogP contribution in [0.2, 0.25) is 5.02 Å². The number of nitrogens with two attached hydrogens (primary N) is 1. The van der Waals surface area contributed by atoms with E-state index in [0.717, 1.165) is 19.5 Å². The van der Waals surface area contributed by atoms with Gasteiger partial charge in [0, 0.05) is 25.3 Å². The SMILES string of the molecule is NC(=O)c1cnc(N[C@@H]2CNC[C@@H]2Cc2ccccc2)c(Cl)c1. The minimum atomic E-state index is -0.532.